The van der Waals surface area contributed by atoms with Crippen LogP contribution < -0.4 is 10.0 Å². The number of pyridine rings is 1. The van der Waals surface area contributed by atoms with Crippen molar-refractivity contribution in [1.82, 2.24) is 19.9 Å². The van der Waals surface area contributed by atoms with E-state index < -0.39 is 10.0 Å². The lowest BCUT2D eigenvalue weighted by Crippen LogP contribution is -2.27. The SMILES string of the molecule is CC(C)C[C@H](CO)Nc1nc(NS(C)(=O)=O)nc(SC(C)c2ccc(Cl)cn2)n1. The molecule has 2 aromatic heterocycles. The Kier molecular flexibility index (Phi) is 8.44. The van der Waals surface area contributed by atoms with Gasteiger partial charge in [0.1, 0.15) is 0 Å². The summed E-state index contributed by atoms with van der Waals surface area (Å²) in [6.07, 6.45) is 3.28. The van der Waals surface area contributed by atoms with E-state index in [1.165, 1.54) is 11.8 Å². The van der Waals surface area contributed by atoms with E-state index >= 15 is 0 Å². The van der Waals surface area contributed by atoms with Gasteiger partial charge in [-0.15, -0.1) is 0 Å². The van der Waals surface area contributed by atoms with Gasteiger partial charge in [-0.2, -0.15) is 15.0 Å². The number of aromatic nitrogens is 4. The third kappa shape index (κ3) is 8.29. The maximum Gasteiger partial charge on any atom is 0.242 e. The highest BCUT2D eigenvalue weighted by Crippen LogP contribution is 2.32. The first kappa shape index (κ1) is 23.6. The second-order valence-electron chi connectivity index (χ2n) is 6.95. The predicted octanol–water partition coefficient (Wildman–Crippen LogP) is 2.96. The Labute approximate surface area is 180 Å². The van der Waals surface area contributed by atoms with Crippen LogP contribution in [-0.2, 0) is 10.0 Å². The normalized spacial score (nSPS) is 13.9. The number of aliphatic hydroxyl groups excluding tert-OH is 1. The molecule has 2 rings (SSSR count). The number of anilines is 2. The summed E-state index contributed by atoms with van der Waals surface area (Å²) in [5.74, 6) is 0.439. The van der Waals surface area contributed by atoms with Crippen molar-refractivity contribution in [3.8, 4) is 0 Å². The molecular formula is C17H25ClN6O3S2. The standard InChI is InChI=1S/C17H25ClN6O3S2/c1-10(2)7-13(9-25)20-15-21-16(24-29(4,26)27)23-17(22-15)28-11(3)14-6-5-12(18)8-19-14/h5-6,8,10-11,13,25H,7,9H2,1-4H3,(H2,20,21,22,23,24)/t11?,13-/m1/s1. The molecular weight excluding hydrogens is 436 g/mol. The van der Waals surface area contributed by atoms with Gasteiger partial charge in [0, 0.05) is 6.20 Å². The van der Waals surface area contributed by atoms with Gasteiger partial charge in [0.25, 0.3) is 0 Å². The molecule has 0 saturated heterocycles. The Balaban J connectivity index is 2.29. The molecule has 12 heteroatoms. The van der Waals surface area contributed by atoms with Crippen LogP contribution in [0, 0.1) is 5.92 Å². The number of halogens is 1. The zero-order valence-electron chi connectivity index (χ0n) is 16.6. The number of hydrogen-bond donors (Lipinski definition) is 3. The molecule has 0 saturated carbocycles. The molecule has 1 unspecified atom stereocenters. The number of nitrogens with zero attached hydrogens (tertiary/aromatic N) is 4. The minimum Gasteiger partial charge on any atom is -0.394 e. The van der Waals surface area contributed by atoms with E-state index in [4.69, 9.17) is 11.6 Å². The average Bonchev–Trinajstić information content (AvgIpc) is 2.59. The predicted molar refractivity (Wildman–Crippen MR) is 116 cm³/mol. The van der Waals surface area contributed by atoms with Gasteiger partial charge in [0.05, 0.1) is 34.9 Å². The van der Waals surface area contributed by atoms with Crippen LogP contribution in [0.15, 0.2) is 23.5 Å². The Bertz CT molecular complexity index is 912. The first-order valence-corrected chi connectivity index (χ1v) is 12.1. The molecule has 0 radical (unpaired) electrons. The molecule has 0 aliphatic heterocycles. The van der Waals surface area contributed by atoms with Crippen LogP contribution in [0.4, 0.5) is 11.9 Å². The Hall–Kier alpha value is -1.69. The molecule has 0 amide bonds. The summed E-state index contributed by atoms with van der Waals surface area (Å²) in [5, 5.41) is 13.4. The molecule has 0 aliphatic rings. The number of rotatable bonds is 10. The van der Waals surface area contributed by atoms with Crippen LogP contribution in [0.3, 0.4) is 0 Å². The third-order valence-electron chi connectivity index (χ3n) is 3.65. The first-order valence-electron chi connectivity index (χ1n) is 8.95. The van der Waals surface area contributed by atoms with E-state index in [1.54, 1.807) is 18.3 Å². The molecule has 2 aromatic rings. The quantitative estimate of drug-likeness (QED) is 0.458. The van der Waals surface area contributed by atoms with Crippen LogP contribution in [0.1, 0.15) is 38.1 Å². The zero-order valence-corrected chi connectivity index (χ0v) is 19.0. The van der Waals surface area contributed by atoms with Crippen molar-refractivity contribution in [2.45, 2.75) is 43.6 Å². The number of thioether (sulfide) groups is 1. The molecule has 0 aliphatic carbocycles. The number of aliphatic hydroxyl groups is 1. The topological polar surface area (TPSA) is 130 Å². The fourth-order valence-electron chi connectivity index (χ4n) is 2.46. The van der Waals surface area contributed by atoms with Gasteiger partial charge in [-0.1, -0.05) is 37.2 Å². The highest BCUT2D eigenvalue weighted by atomic mass is 35.5. The second kappa shape index (κ2) is 10.4. The summed E-state index contributed by atoms with van der Waals surface area (Å²) in [5.41, 5.74) is 0.778. The van der Waals surface area contributed by atoms with Crippen molar-refractivity contribution < 1.29 is 13.5 Å². The smallest absolute Gasteiger partial charge is 0.242 e. The van der Waals surface area contributed by atoms with Crippen LogP contribution in [0.25, 0.3) is 0 Å². The van der Waals surface area contributed by atoms with Gasteiger partial charge in [-0.3, -0.25) is 9.71 Å². The molecule has 2 atom stereocenters. The lowest BCUT2D eigenvalue weighted by atomic mass is 10.0. The monoisotopic (exact) mass is 460 g/mol. The molecule has 29 heavy (non-hydrogen) atoms. The maximum absolute atomic E-state index is 11.6. The minimum atomic E-state index is -3.57. The largest absolute Gasteiger partial charge is 0.394 e. The third-order valence-corrected chi connectivity index (χ3v) is 5.42. The fourth-order valence-corrected chi connectivity index (χ4v) is 3.85. The highest BCUT2D eigenvalue weighted by molar-refractivity contribution is 7.99. The molecule has 9 nitrogen and oxygen atoms in total. The van der Waals surface area contributed by atoms with E-state index in [0.29, 0.717) is 22.5 Å². The summed E-state index contributed by atoms with van der Waals surface area (Å²) in [7, 11) is -3.57. The van der Waals surface area contributed by atoms with E-state index in [-0.39, 0.29) is 29.8 Å². The Morgan fingerprint density at radius 1 is 1.17 bits per heavy atom. The minimum absolute atomic E-state index is 0.0926. The summed E-state index contributed by atoms with van der Waals surface area (Å²) in [6, 6.07) is 3.28. The average molecular weight is 461 g/mol. The van der Waals surface area contributed by atoms with Crippen molar-refractivity contribution in [1.29, 1.82) is 0 Å². The van der Waals surface area contributed by atoms with E-state index in [0.717, 1.165) is 11.9 Å². The van der Waals surface area contributed by atoms with Crippen LogP contribution in [0.2, 0.25) is 5.02 Å². The van der Waals surface area contributed by atoms with E-state index in [1.807, 2.05) is 20.8 Å². The number of sulfonamides is 1. The molecule has 0 spiro atoms. The van der Waals surface area contributed by atoms with E-state index in [2.05, 4.69) is 30.0 Å². The molecule has 160 valence electrons. The van der Waals surface area contributed by atoms with Crippen molar-refractivity contribution in [3.05, 3.63) is 29.0 Å². The lowest BCUT2D eigenvalue weighted by molar-refractivity contribution is 0.259. The van der Waals surface area contributed by atoms with Crippen molar-refractivity contribution in [2.24, 2.45) is 5.92 Å². The van der Waals surface area contributed by atoms with E-state index in [9.17, 15) is 13.5 Å². The van der Waals surface area contributed by atoms with Crippen molar-refractivity contribution in [2.75, 3.05) is 22.9 Å². The first-order chi connectivity index (χ1) is 13.6. The molecule has 0 aromatic carbocycles. The van der Waals surface area contributed by atoms with Gasteiger partial charge >= 0.3 is 0 Å². The van der Waals surface area contributed by atoms with Crippen LogP contribution >= 0.6 is 23.4 Å². The van der Waals surface area contributed by atoms with Crippen molar-refractivity contribution in [3.63, 3.8) is 0 Å². The fraction of sp³-hybridized carbons (Fsp3) is 0.529. The molecule has 3 N–H and O–H groups in total. The van der Waals surface area contributed by atoms with Crippen LogP contribution in [-0.4, -0.2) is 52.4 Å². The van der Waals surface area contributed by atoms with Crippen molar-refractivity contribution >= 4 is 45.3 Å². The molecule has 0 fully saturated rings. The summed E-state index contributed by atoms with van der Waals surface area (Å²) in [4.78, 5) is 17.0. The maximum atomic E-state index is 11.6. The van der Waals surface area contributed by atoms with Gasteiger partial charge in [-0.05, 0) is 31.4 Å². The van der Waals surface area contributed by atoms with Gasteiger partial charge in [0.15, 0.2) is 5.16 Å². The molecule has 0 bridgehead atoms. The molecule has 2 heterocycles. The zero-order chi connectivity index (χ0) is 21.6. The van der Waals surface area contributed by atoms with Gasteiger partial charge in [-0.25, -0.2) is 8.42 Å². The Morgan fingerprint density at radius 2 is 1.86 bits per heavy atom. The summed E-state index contributed by atoms with van der Waals surface area (Å²) < 4.78 is 25.5. The van der Waals surface area contributed by atoms with Gasteiger partial charge < -0.3 is 10.4 Å². The number of nitrogens with one attached hydrogen (secondary N) is 2. The number of hydrogen-bond acceptors (Lipinski definition) is 9. The summed E-state index contributed by atoms with van der Waals surface area (Å²) >= 11 is 7.18. The highest BCUT2D eigenvalue weighted by Gasteiger charge is 2.17. The summed E-state index contributed by atoms with van der Waals surface area (Å²) in [6.45, 7) is 5.90. The second-order valence-corrected chi connectivity index (χ2v) is 10.4. The van der Waals surface area contributed by atoms with Crippen LogP contribution in [0.5, 0.6) is 0 Å². The Morgan fingerprint density at radius 3 is 2.41 bits per heavy atom. The van der Waals surface area contributed by atoms with Gasteiger partial charge in [0.2, 0.25) is 21.9 Å². The lowest BCUT2D eigenvalue weighted by Gasteiger charge is -2.19.